The molecule has 0 saturated carbocycles. The summed E-state index contributed by atoms with van der Waals surface area (Å²) in [5, 5.41) is 0. The van der Waals surface area contributed by atoms with Gasteiger partial charge in [-0.2, -0.15) is 0 Å². The zero-order valence-electron chi connectivity index (χ0n) is 15.4. The minimum absolute atomic E-state index is 0.132. The summed E-state index contributed by atoms with van der Waals surface area (Å²) in [5.41, 5.74) is 3.43. The first-order valence-electron chi connectivity index (χ1n) is 8.82. The number of benzene rings is 2. The molecule has 0 aliphatic carbocycles. The highest BCUT2D eigenvalue weighted by Gasteiger charge is 2.27. The van der Waals surface area contributed by atoms with Crippen LogP contribution in [0.2, 0.25) is 0 Å². The van der Waals surface area contributed by atoms with Crippen LogP contribution >= 0.6 is 0 Å². The van der Waals surface area contributed by atoms with Crippen LogP contribution in [-0.2, 0) is 9.59 Å². The maximum atomic E-state index is 13.0. The molecule has 1 heterocycles. The van der Waals surface area contributed by atoms with Crippen LogP contribution in [0.15, 0.2) is 59.7 Å². The van der Waals surface area contributed by atoms with E-state index in [-0.39, 0.29) is 24.8 Å². The molecule has 1 fully saturated rings. The monoisotopic (exact) mass is 373 g/mol. The number of amides is 1. The van der Waals surface area contributed by atoms with E-state index in [4.69, 9.17) is 0 Å². The summed E-state index contributed by atoms with van der Waals surface area (Å²) in [4.78, 5) is 48.5. The Balaban J connectivity index is 2.01. The first-order valence-corrected chi connectivity index (χ1v) is 8.82. The van der Waals surface area contributed by atoms with Crippen LogP contribution in [0.3, 0.4) is 0 Å². The van der Waals surface area contributed by atoms with E-state index >= 15 is 0 Å². The van der Waals surface area contributed by atoms with Gasteiger partial charge < -0.3 is 4.90 Å². The number of piperidine rings is 1. The molecule has 0 N–H and O–H groups in total. The molecule has 0 radical (unpaired) electrons. The summed E-state index contributed by atoms with van der Waals surface area (Å²) in [7, 11) is 0. The van der Waals surface area contributed by atoms with Gasteiger partial charge in [0.25, 0.3) is 0 Å². The molecule has 0 unspecified atom stereocenters. The van der Waals surface area contributed by atoms with E-state index in [9.17, 15) is 19.2 Å². The lowest BCUT2D eigenvalue weighted by Crippen LogP contribution is -2.40. The quantitative estimate of drug-likeness (QED) is 0.609. The van der Waals surface area contributed by atoms with Gasteiger partial charge in [0.2, 0.25) is 5.91 Å². The standard InChI is InChI=1S/C23H19NO4/c1-16(27)24-12-21(10-17-4-2-6-19(8-17)14-25)23(28)22(13-24)11-18-5-3-7-20(9-18)15-26/h2-11,14-15H,12-13H2,1H3/b21-10+,22-11+. The SMILES string of the molecule is CC(=O)N1C/C(=C\c2cccc(C=O)c2)C(=O)/C(=C/c2cccc(C=O)c2)C1. The predicted molar refractivity (Wildman–Crippen MR) is 107 cm³/mol. The van der Waals surface area contributed by atoms with Gasteiger partial charge in [0.1, 0.15) is 12.6 Å². The molecule has 0 bridgehead atoms. The van der Waals surface area contributed by atoms with Crippen LogP contribution in [0.5, 0.6) is 0 Å². The van der Waals surface area contributed by atoms with E-state index in [1.165, 1.54) is 6.92 Å². The highest BCUT2D eigenvalue weighted by Crippen LogP contribution is 2.22. The van der Waals surface area contributed by atoms with Crippen LogP contribution < -0.4 is 0 Å². The van der Waals surface area contributed by atoms with Gasteiger partial charge in [0.15, 0.2) is 5.78 Å². The molecule has 1 amide bonds. The van der Waals surface area contributed by atoms with Crippen LogP contribution in [0.1, 0.15) is 38.8 Å². The zero-order chi connectivity index (χ0) is 20.1. The van der Waals surface area contributed by atoms with E-state index < -0.39 is 0 Å². The number of hydrogen-bond acceptors (Lipinski definition) is 4. The Hall–Kier alpha value is -3.60. The lowest BCUT2D eigenvalue weighted by atomic mass is 9.93. The average Bonchev–Trinajstić information content (AvgIpc) is 2.71. The molecule has 0 spiro atoms. The van der Waals surface area contributed by atoms with Gasteiger partial charge in [-0.25, -0.2) is 0 Å². The minimum Gasteiger partial charge on any atom is -0.334 e. The number of Topliss-reactive ketones (excluding diaryl/α,β-unsaturated/α-hetero) is 1. The molecule has 2 aromatic rings. The van der Waals surface area contributed by atoms with E-state index in [2.05, 4.69) is 0 Å². The first-order chi connectivity index (χ1) is 13.5. The van der Waals surface area contributed by atoms with Gasteiger partial charge in [-0.3, -0.25) is 19.2 Å². The van der Waals surface area contributed by atoms with Gasteiger partial charge in [-0.05, 0) is 35.4 Å². The molecule has 1 saturated heterocycles. The molecule has 3 rings (SSSR count). The Morgan fingerprint density at radius 2 is 1.25 bits per heavy atom. The Morgan fingerprint density at radius 1 is 0.821 bits per heavy atom. The fourth-order valence-corrected chi connectivity index (χ4v) is 3.11. The number of carbonyl (C=O) groups is 4. The van der Waals surface area contributed by atoms with Crippen molar-refractivity contribution in [2.75, 3.05) is 13.1 Å². The Labute approximate surface area is 163 Å². The molecule has 0 atom stereocenters. The second-order valence-electron chi connectivity index (χ2n) is 6.62. The molecular weight excluding hydrogens is 354 g/mol. The fraction of sp³-hybridized carbons (Fsp3) is 0.130. The molecule has 2 aromatic carbocycles. The van der Waals surface area contributed by atoms with Crippen molar-refractivity contribution >= 4 is 36.4 Å². The number of carbonyl (C=O) groups excluding carboxylic acids is 4. The highest BCUT2D eigenvalue weighted by atomic mass is 16.2. The van der Waals surface area contributed by atoms with Gasteiger partial charge in [0.05, 0.1) is 0 Å². The normalized spacial score (nSPS) is 17.0. The summed E-state index contributed by atoms with van der Waals surface area (Å²) in [6.45, 7) is 1.89. The first kappa shape index (κ1) is 19.2. The smallest absolute Gasteiger partial charge is 0.220 e. The van der Waals surface area contributed by atoms with Crippen molar-refractivity contribution < 1.29 is 19.2 Å². The number of rotatable bonds is 4. The van der Waals surface area contributed by atoms with Crippen LogP contribution in [0.4, 0.5) is 0 Å². The molecule has 1 aliphatic rings. The third-order valence-corrected chi connectivity index (χ3v) is 4.53. The number of nitrogens with zero attached hydrogens (tertiary/aromatic N) is 1. The van der Waals surface area contributed by atoms with Gasteiger partial charge in [-0.1, -0.05) is 36.4 Å². The van der Waals surface area contributed by atoms with Crippen LogP contribution in [0.25, 0.3) is 12.2 Å². The summed E-state index contributed by atoms with van der Waals surface area (Å²) >= 11 is 0. The molecule has 5 heteroatoms. The Morgan fingerprint density at radius 3 is 1.64 bits per heavy atom. The number of hydrogen-bond donors (Lipinski definition) is 0. The van der Waals surface area contributed by atoms with Crippen molar-refractivity contribution in [2.45, 2.75) is 6.92 Å². The number of likely N-dealkylation sites (tertiary alicyclic amines) is 1. The van der Waals surface area contributed by atoms with Gasteiger partial charge in [0, 0.05) is 42.3 Å². The van der Waals surface area contributed by atoms with Gasteiger partial charge >= 0.3 is 0 Å². The molecule has 1 aliphatic heterocycles. The Kier molecular flexibility index (Phi) is 5.75. The van der Waals surface area contributed by atoms with Crippen LogP contribution in [-0.4, -0.2) is 42.3 Å². The van der Waals surface area contributed by atoms with E-state index in [1.54, 1.807) is 65.6 Å². The van der Waals surface area contributed by atoms with Crippen LogP contribution in [0, 0.1) is 0 Å². The lowest BCUT2D eigenvalue weighted by Gasteiger charge is -2.29. The lowest BCUT2D eigenvalue weighted by molar-refractivity contribution is -0.129. The fourth-order valence-electron chi connectivity index (χ4n) is 3.11. The second-order valence-corrected chi connectivity index (χ2v) is 6.62. The summed E-state index contributed by atoms with van der Waals surface area (Å²) in [6, 6.07) is 13.8. The molecule has 5 nitrogen and oxygen atoms in total. The largest absolute Gasteiger partial charge is 0.334 e. The van der Waals surface area contributed by atoms with Crippen molar-refractivity contribution in [2.24, 2.45) is 0 Å². The molecule has 140 valence electrons. The van der Waals surface area contributed by atoms with Crippen molar-refractivity contribution in [3.05, 3.63) is 81.9 Å². The zero-order valence-corrected chi connectivity index (χ0v) is 15.4. The van der Waals surface area contributed by atoms with Gasteiger partial charge in [-0.15, -0.1) is 0 Å². The van der Waals surface area contributed by atoms with Crippen molar-refractivity contribution in [3.8, 4) is 0 Å². The number of ketones is 1. The maximum Gasteiger partial charge on any atom is 0.220 e. The second kappa shape index (κ2) is 8.39. The number of aldehydes is 2. The third-order valence-electron chi connectivity index (χ3n) is 4.53. The third kappa shape index (κ3) is 4.38. The van der Waals surface area contributed by atoms with E-state index in [0.29, 0.717) is 22.3 Å². The molecule has 0 aromatic heterocycles. The topological polar surface area (TPSA) is 71.5 Å². The summed E-state index contributed by atoms with van der Waals surface area (Å²) < 4.78 is 0. The molecular formula is C23H19NO4. The summed E-state index contributed by atoms with van der Waals surface area (Å²) in [5.74, 6) is -0.280. The minimum atomic E-state index is -0.148. The van der Waals surface area contributed by atoms with E-state index in [1.807, 2.05) is 0 Å². The average molecular weight is 373 g/mol. The van der Waals surface area contributed by atoms with Crippen molar-refractivity contribution in [3.63, 3.8) is 0 Å². The van der Waals surface area contributed by atoms with E-state index in [0.717, 1.165) is 23.7 Å². The van der Waals surface area contributed by atoms with Crippen molar-refractivity contribution in [1.29, 1.82) is 0 Å². The predicted octanol–water partition coefficient (Wildman–Crippen LogP) is 3.21. The van der Waals surface area contributed by atoms with Crippen molar-refractivity contribution in [1.82, 2.24) is 4.90 Å². The highest BCUT2D eigenvalue weighted by molar-refractivity contribution is 6.15. The molecule has 28 heavy (non-hydrogen) atoms. The maximum absolute atomic E-state index is 13.0. The summed E-state index contributed by atoms with van der Waals surface area (Å²) in [6.07, 6.45) is 4.91. The Bertz CT molecular complexity index is 943.